The number of hydrogen-bond donors (Lipinski definition) is 2. The van der Waals surface area contributed by atoms with Crippen LogP contribution in [0.25, 0.3) is 16.2 Å². The number of carbonyl (C=O) groups excluding carboxylic acids is 2. The summed E-state index contributed by atoms with van der Waals surface area (Å²) < 4.78 is 11.5. The highest BCUT2D eigenvalue weighted by molar-refractivity contribution is 8.26. The van der Waals surface area contributed by atoms with Crippen LogP contribution in [0.3, 0.4) is 0 Å². The number of thiocarbonyl (C=S) groups is 1. The molecule has 1 aliphatic heterocycles. The van der Waals surface area contributed by atoms with Crippen molar-refractivity contribution in [2.24, 2.45) is 0 Å². The second-order valence-electron chi connectivity index (χ2n) is 7.78. The third kappa shape index (κ3) is 5.56. The highest BCUT2D eigenvalue weighted by Crippen LogP contribution is 2.34. The molecular weight excluding hydrogens is 513 g/mol. The molecule has 7 nitrogen and oxygen atoms in total. The number of anilines is 1. The van der Waals surface area contributed by atoms with Crippen molar-refractivity contribution in [3.05, 3.63) is 94.9 Å². The fourth-order valence-corrected chi connectivity index (χ4v) is 5.39. The first-order chi connectivity index (χ1) is 17.6. The standard InChI is InChI=1S/C26H20N4O3S3/c31-23(27-15-17-7-2-1-3-8-17)16-33-19-10-6-9-18(13-19)14-22-25(32)30(26(34)35-22)28-24-20-11-4-5-12-21(20)36-29-24/h1-14H,15-16H2,(H,27,31)(H,28,29). The zero-order chi connectivity index (χ0) is 24.9. The summed E-state index contributed by atoms with van der Waals surface area (Å²) in [4.78, 5) is 25.7. The molecule has 2 amide bonds. The number of nitrogens with one attached hydrogen (secondary N) is 2. The number of aromatic nitrogens is 1. The van der Waals surface area contributed by atoms with Gasteiger partial charge in [0, 0.05) is 11.9 Å². The number of carbonyl (C=O) groups is 2. The SMILES string of the molecule is O=C(COc1cccc(C=C2SC(=S)N(Nc3nsc4ccccc34)C2=O)c1)NCc1ccccc1. The van der Waals surface area contributed by atoms with Gasteiger partial charge in [-0.3, -0.25) is 15.0 Å². The van der Waals surface area contributed by atoms with E-state index >= 15 is 0 Å². The van der Waals surface area contributed by atoms with E-state index in [1.165, 1.54) is 28.3 Å². The van der Waals surface area contributed by atoms with Crippen LogP contribution in [0, 0.1) is 0 Å². The van der Waals surface area contributed by atoms with Gasteiger partial charge in [-0.2, -0.15) is 9.38 Å². The van der Waals surface area contributed by atoms with Crippen molar-refractivity contribution in [1.82, 2.24) is 14.7 Å². The van der Waals surface area contributed by atoms with Crippen LogP contribution >= 0.6 is 35.5 Å². The van der Waals surface area contributed by atoms with Gasteiger partial charge >= 0.3 is 0 Å². The number of amides is 2. The molecule has 0 aliphatic carbocycles. The molecule has 1 fully saturated rings. The molecule has 0 spiro atoms. The number of hydrogen-bond acceptors (Lipinski definition) is 8. The molecule has 5 rings (SSSR count). The highest BCUT2D eigenvalue weighted by Gasteiger charge is 2.33. The van der Waals surface area contributed by atoms with Crippen molar-refractivity contribution in [2.45, 2.75) is 6.54 Å². The second kappa shape index (κ2) is 10.9. The maximum Gasteiger partial charge on any atom is 0.285 e. The molecule has 0 saturated carbocycles. The van der Waals surface area contributed by atoms with Crippen molar-refractivity contribution in [3.63, 3.8) is 0 Å². The van der Waals surface area contributed by atoms with Crippen LogP contribution in [0.5, 0.6) is 5.75 Å². The van der Waals surface area contributed by atoms with E-state index in [1.54, 1.807) is 18.2 Å². The predicted octanol–water partition coefficient (Wildman–Crippen LogP) is 5.22. The van der Waals surface area contributed by atoms with Gasteiger partial charge in [-0.15, -0.1) is 0 Å². The second-order valence-corrected chi connectivity index (χ2v) is 10.3. The van der Waals surface area contributed by atoms with Crippen molar-refractivity contribution < 1.29 is 14.3 Å². The van der Waals surface area contributed by atoms with Crippen LogP contribution in [0.4, 0.5) is 5.82 Å². The Balaban J connectivity index is 1.21. The Morgan fingerprint density at radius 2 is 1.86 bits per heavy atom. The van der Waals surface area contributed by atoms with Gasteiger partial charge in [0.15, 0.2) is 16.7 Å². The Morgan fingerprint density at radius 3 is 2.72 bits per heavy atom. The summed E-state index contributed by atoms with van der Waals surface area (Å²) in [6.45, 7) is 0.333. The first-order valence-electron chi connectivity index (χ1n) is 11.0. The van der Waals surface area contributed by atoms with Gasteiger partial charge in [0.25, 0.3) is 11.8 Å². The molecule has 180 valence electrons. The van der Waals surface area contributed by atoms with Gasteiger partial charge in [0.2, 0.25) is 0 Å². The van der Waals surface area contributed by atoms with Crippen molar-refractivity contribution >= 4 is 73.6 Å². The summed E-state index contributed by atoms with van der Waals surface area (Å²) in [5.41, 5.74) is 4.84. The Morgan fingerprint density at radius 1 is 1.06 bits per heavy atom. The number of thioether (sulfide) groups is 1. The smallest absolute Gasteiger partial charge is 0.285 e. The third-order valence-electron chi connectivity index (χ3n) is 5.25. The molecule has 0 unspecified atom stereocenters. The number of hydrazine groups is 1. The Kier molecular flexibility index (Phi) is 7.26. The van der Waals surface area contributed by atoms with Crippen LogP contribution in [0.15, 0.2) is 83.8 Å². The van der Waals surface area contributed by atoms with Crippen LogP contribution < -0.4 is 15.5 Å². The topological polar surface area (TPSA) is 83.6 Å². The summed E-state index contributed by atoms with van der Waals surface area (Å²) in [6.07, 6.45) is 1.75. The Bertz CT molecular complexity index is 1470. The van der Waals surface area contributed by atoms with Gasteiger partial charge in [-0.05, 0) is 65.2 Å². The molecule has 0 radical (unpaired) electrons. The molecule has 0 atom stereocenters. The van der Waals surface area contributed by atoms with Crippen molar-refractivity contribution in [2.75, 3.05) is 12.0 Å². The van der Waals surface area contributed by atoms with Gasteiger partial charge in [0.1, 0.15) is 5.75 Å². The monoisotopic (exact) mass is 532 g/mol. The van der Waals surface area contributed by atoms with Crippen LogP contribution in [-0.4, -0.2) is 32.1 Å². The fraction of sp³-hybridized carbons (Fsp3) is 0.0769. The fourth-order valence-electron chi connectivity index (χ4n) is 3.48. The molecule has 1 saturated heterocycles. The van der Waals surface area contributed by atoms with Crippen molar-refractivity contribution in [1.29, 1.82) is 0 Å². The zero-order valence-electron chi connectivity index (χ0n) is 18.8. The zero-order valence-corrected chi connectivity index (χ0v) is 21.3. The molecule has 2 heterocycles. The van der Waals surface area contributed by atoms with Gasteiger partial charge in [0.05, 0.1) is 9.61 Å². The normalized spacial score (nSPS) is 14.4. The van der Waals surface area contributed by atoms with E-state index in [-0.39, 0.29) is 18.4 Å². The van der Waals surface area contributed by atoms with E-state index in [0.717, 1.165) is 21.2 Å². The van der Waals surface area contributed by atoms with E-state index < -0.39 is 0 Å². The molecular formula is C26H20N4O3S3. The molecule has 1 aromatic heterocycles. The lowest BCUT2D eigenvalue weighted by Gasteiger charge is -2.15. The highest BCUT2D eigenvalue weighted by atomic mass is 32.2. The van der Waals surface area contributed by atoms with E-state index in [0.29, 0.717) is 27.3 Å². The predicted molar refractivity (Wildman–Crippen MR) is 148 cm³/mol. The van der Waals surface area contributed by atoms with Gasteiger partial charge in [-0.1, -0.05) is 66.4 Å². The van der Waals surface area contributed by atoms with Gasteiger partial charge in [-0.25, -0.2) is 0 Å². The summed E-state index contributed by atoms with van der Waals surface area (Å²) in [7, 11) is 0. The van der Waals surface area contributed by atoms with E-state index in [2.05, 4.69) is 15.1 Å². The summed E-state index contributed by atoms with van der Waals surface area (Å²) in [5.74, 6) is 0.648. The van der Waals surface area contributed by atoms with Crippen LogP contribution in [0.2, 0.25) is 0 Å². The van der Waals surface area contributed by atoms with E-state index in [9.17, 15) is 9.59 Å². The molecule has 4 aromatic rings. The maximum absolute atomic E-state index is 13.0. The van der Waals surface area contributed by atoms with Gasteiger partial charge < -0.3 is 10.1 Å². The number of nitrogens with zero attached hydrogens (tertiary/aromatic N) is 2. The average Bonchev–Trinajstić information content (AvgIpc) is 3.43. The first kappa shape index (κ1) is 24.0. The van der Waals surface area contributed by atoms with E-state index in [4.69, 9.17) is 17.0 Å². The van der Waals surface area contributed by atoms with Crippen LogP contribution in [0.1, 0.15) is 11.1 Å². The molecule has 2 N–H and O–H groups in total. The number of fused-ring (bicyclic) bond motifs is 1. The number of rotatable bonds is 8. The minimum absolute atomic E-state index is 0.107. The van der Waals surface area contributed by atoms with Crippen LogP contribution in [-0.2, 0) is 16.1 Å². The molecule has 36 heavy (non-hydrogen) atoms. The summed E-state index contributed by atoms with van der Waals surface area (Å²) >= 11 is 8.00. The maximum atomic E-state index is 13.0. The Hall–Kier alpha value is -3.73. The largest absolute Gasteiger partial charge is 0.484 e. The summed E-state index contributed by atoms with van der Waals surface area (Å²) in [6, 6.07) is 24.7. The lowest BCUT2D eigenvalue weighted by atomic mass is 10.2. The summed E-state index contributed by atoms with van der Waals surface area (Å²) in [5, 5.41) is 5.10. The number of benzene rings is 3. The lowest BCUT2D eigenvalue weighted by molar-refractivity contribution is -0.123. The third-order valence-corrected chi connectivity index (χ3v) is 7.38. The lowest BCUT2D eigenvalue weighted by Crippen LogP contribution is -2.34. The Labute approximate surface area is 221 Å². The molecule has 3 aromatic carbocycles. The number of ether oxygens (including phenoxy) is 1. The minimum atomic E-state index is -0.256. The molecule has 0 bridgehead atoms. The average molecular weight is 533 g/mol. The molecule has 1 aliphatic rings. The van der Waals surface area contributed by atoms with E-state index in [1.807, 2.05) is 66.7 Å². The van der Waals surface area contributed by atoms with Crippen molar-refractivity contribution in [3.8, 4) is 5.75 Å². The first-order valence-corrected chi connectivity index (χ1v) is 13.0. The molecule has 10 heteroatoms. The quantitative estimate of drug-likeness (QED) is 0.238. The minimum Gasteiger partial charge on any atom is -0.484 e.